The predicted molar refractivity (Wildman–Crippen MR) is 123 cm³/mol. The van der Waals surface area contributed by atoms with Crippen LogP contribution in [0.15, 0.2) is 35.4 Å². The minimum Gasteiger partial charge on any atom is -0.365 e. The van der Waals surface area contributed by atoms with E-state index >= 15 is 0 Å². The summed E-state index contributed by atoms with van der Waals surface area (Å²) in [7, 11) is 0.441. The van der Waals surface area contributed by atoms with Crippen LogP contribution in [0.25, 0.3) is 11.0 Å². The van der Waals surface area contributed by atoms with Gasteiger partial charge < -0.3 is 11.1 Å². The van der Waals surface area contributed by atoms with Gasteiger partial charge in [-0.3, -0.25) is 13.6 Å². The van der Waals surface area contributed by atoms with Crippen LogP contribution in [0.1, 0.15) is 43.4 Å². The Morgan fingerprint density at radius 1 is 1.30 bits per heavy atom. The van der Waals surface area contributed by atoms with Crippen molar-refractivity contribution in [1.29, 1.82) is 0 Å². The zero-order valence-electron chi connectivity index (χ0n) is 18.6. The van der Waals surface area contributed by atoms with Crippen LogP contribution in [-0.2, 0) is 29.9 Å². The first-order valence-corrected chi connectivity index (χ1v) is 12.0. The van der Waals surface area contributed by atoms with Crippen molar-refractivity contribution in [3.8, 4) is 0 Å². The molecule has 0 radical (unpaired) electrons. The molecular formula is C22H26F3N5O2S. The number of hydrogen-bond donors (Lipinski definition) is 2. The van der Waals surface area contributed by atoms with E-state index in [9.17, 15) is 22.2 Å². The SMILES string of the molecule is CC.Cn1c(=O)c(C2(N)CCS(=O)C2)cc2c(NCc3cccc(C(F)F)c3F)ncnc21. The average Bonchev–Trinajstić information content (AvgIpc) is 3.15. The van der Waals surface area contributed by atoms with Crippen molar-refractivity contribution in [2.75, 3.05) is 16.8 Å². The van der Waals surface area contributed by atoms with Gasteiger partial charge in [0.25, 0.3) is 12.0 Å². The van der Waals surface area contributed by atoms with Gasteiger partial charge in [0.1, 0.15) is 23.6 Å². The quantitative estimate of drug-likeness (QED) is 0.579. The van der Waals surface area contributed by atoms with Crippen LogP contribution in [0.5, 0.6) is 0 Å². The molecule has 33 heavy (non-hydrogen) atoms. The third-order valence-corrected chi connectivity index (χ3v) is 7.02. The van der Waals surface area contributed by atoms with Crippen LogP contribution in [0.2, 0.25) is 0 Å². The predicted octanol–water partition coefficient (Wildman–Crippen LogP) is 3.35. The number of nitrogens with one attached hydrogen (secondary N) is 1. The summed E-state index contributed by atoms with van der Waals surface area (Å²) in [6, 6.07) is 5.38. The van der Waals surface area contributed by atoms with E-state index in [-0.39, 0.29) is 23.4 Å². The van der Waals surface area contributed by atoms with E-state index in [0.717, 1.165) is 6.07 Å². The zero-order chi connectivity index (χ0) is 24.3. The number of aryl methyl sites for hydroxylation is 1. The highest BCUT2D eigenvalue weighted by atomic mass is 32.2. The molecule has 4 rings (SSSR count). The molecule has 2 unspecified atom stereocenters. The van der Waals surface area contributed by atoms with Gasteiger partial charge in [-0.2, -0.15) is 0 Å². The van der Waals surface area contributed by atoms with E-state index in [2.05, 4.69) is 15.3 Å². The van der Waals surface area contributed by atoms with Crippen molar-refractivity contribution in [2.24, 2.45) is 12.8 Å². The Morgan fingerprint density at radius 3 is 2.67 bits per heavy atom. The lowest BCUT2D eigenvalue weighted by molar-refractivity contribution is 0.146. The maximum atomic E-state index is 14.4. The Hall–Kier alpha value is -2.79. The molecule has 1 aliphatic rings. The van der Waals surface area contributed by atoms with E-state index in [4.69, 9.17) is 5.73 Å². The smallest absolute Gasteiger partial charge is 0.266 e. The molecule has 3 heterocycles. The zero-order valence-corrected chi connectivity index (χ0v) is 19.4. The molecule has 0 aliphatic carbocycles. The second-order valence-corrected chi connectivity index (χ2v) is 9.13. The highest BCUT2D eigenvalue weighted by Crippen LogP contribution is 2.30. The van der Waals surface area contributed by atoms with Crippen molar-refractivity contribution >= 4 is 27.7 Å². The number of anilines is 1. The number of benzene rings is 1. The molecule has 1 fully saturated rings. The summed E-state index contributed by atoms with van der Waals surface area (Å²) in [6.45, 7) is 3.90. The molecule has 0 amide bonds. The third-order valence-electron chi connectivity index (χ3n) is 5.53. The number of pyridine rings is 1. The Bertz CT molecular complexity index is 1250. The van der Waals surface area contributed by atoms with Gasteiger partial charge in [-0.25, -0.2) is 23.1 Å². The van der Waals surface area contributed by atoms with Gasteiger partial charge in [-0.05, 0) is 12.5 Å². The topological polar surface area (TPSA) is 103 Å². The molecule has 2 aromatic heterocycles. The minimum atomic E-state index is -2.92. The van der Waals surface area contributed by atoms with Crippen LogP contribution in [0.3, 0.4) is 0 Å². The summed E-state index contributed by atoms with van der Waals surface area (Å²) in [5.74, 6) is -0.0962. The highest BCUT2D eigenvalue weighted by Gasteiger charge is 2.38. The molecule has 0 spiro atoms. The van der Waals surface area contributed by atoms with Crippen molar-refractivity contribution in [1.82, 2.24) is 14.5 Å². The first kappa shape index (κ1) is 24.8. The van der Waals surface area contributed by atoms with Gasteiger partial charge in [-0.1, -0.05) is 32.0 Å². The molecule has 0 bridgehead atoms. The number of nitrogens with zero attached hydrogens (tertiary/aromatic N) is 3. The van der Waals surface area contributed by atoms with Gasteiger partial charge in [0.05, 0.1) is 16.5 Å². The Morgan fingerprint density at radius 2 is 2.03 bits per heavy atom. The molecule has 1 aliphatic heterocycles. The lowest BCUT2D eigenvalue weighted by atomic mass is 9.91. The second kappa shape index (κ2) is 10.0. The second-order valence-electron chi connectivity index (χ2n) is 7.55. The first-order valence-electron chi connectivity index (χ1n) is 10.5. The summed E-state index contributed by atoms with van der Waals surface area (Å²) in [5, 5.41) is 3.41. The van der Waals surface area contributed by atoms with Crippen LogP contribution >= 0.6 is 0 Å². The highest BCUT2D eigenvalue weighted by molar-refractivity contribution is 7.85. The van der Waals surface area contributed by atoms with Gasteiger partial charge >= 0.3 is 0 Å². The van der Waals surface area contributed by atoms with Crippen LogP contribution in [0, 0.1) is 5.82 Å². The summed E-state index contributed by atoms with van der Waals surface area (Å²) in [4.78, 5) is 21.2. The molecule has 2 atom stereocenters. The molecule has 7 nitrogen and oxygen atoms in total. The number of rotatable bonds is 5. The fraction of sp³-hybridized carbons (Fsp3) is 0.409. The molecular weight excluding hydrogens is 455 g/mol. The third kappa shape index (κ3) is 4.79. The van der Waals surface area contributed by atoms with Gasteiger partial charge in [0.2, 0.25) is 0 Å². The Kier molecular flexibility index (Phi) is 7.53. The summed E-state index contributed by atoms with van der Waals surface area (Å²) in [6.07, 6.45) is -1.27. The van der Waals surface area contributed by atoms with E-state index in [1.54, 1.807) is 13.1 Å². The van der Waals surface area contributed by atoms with Gasteiger partial charge in [0.15, 0.2) is 0 Å². The number of aromatic nitrogens is 3. The van der Waals surface area contributed by atoms with Crippen molar-refractivity contribution < 1.29 is 17.4 Å². The Labute approximate surface area is 191 Å². The molecule has 3 N–H and O–H groups in total. The lowest BCUT2D eigenvalue weighted by Gasteiger charge is -2.23. The van der Waals surface area contributed by atoms with Gasteiger partial charge in [0, 0.05) is 47.0 Å². The van der Waals surface area contributed by atoms with E-state index < -0.39 is 34.1 Å². The van der Waals surface area contributed by atoms with E-state index in [1.165, 1.54) is 23.0 Å². The lowest BCUT2D eigenvalue weighted by Crippen LogP contribution is -2.43. The van der Waals surface area contributed by atoms with Gasteiger partial charge in [-0.15, -0.1) is 0 Å². The number of hydrogen-bond acceptors (Lipinski definition) is 6. The molecule has 0 saturated carbocycles. The van der Waals surface area contributed by atoms with Crippen LogP contribution in [0.4, 0.5) is 19.0 Å². The van der Waals surface area contributed by atoms with Crippen LogP contribution in [-0.4, -0.2) is 30.2 Å². The molecule has 1 saturated heterocycles. The normalized spacial score (nSPS) is 20.1. The maximum absolute atomic E-state index is 14.4. The fourth-order valence-corrected chi connectivity index (χ4v) is 5.40. The summed E-state index contributed by atoms with van der Waals surface area (Å²) >= 11 is 0. The molecule has 1 aromatic carbocycles. The maximum Gasteiger partial charge on any atom is 0.266 e. The molecule has 11 heteroatoms. The van der Waals surface area contributed by atoms with E-state index in [0.29, 0.717) is 34.6 Å². The average molecular weight is 482 g/mol. The Balaban J connectivity index is 0.00000149. The number of fused-ring (bicyclic) bond motifs is 1. The molecule has 178 valence electrons. The standard InChI is InChI=1S/C20H20F3N5O2S.C2H6/c1-28-18-13(7-14(19(28)29)20(24)5-6-31(30)9-20)17(26-10-27-18)25-8-11-3-2-4-12(15(11)21)16(22)23;1-2/h2-4,7,10,16H,5-6,8-9,24H2,1H3,(H,25,26,27);1-2H3. The molecule has 3 aromatic rings. The summed E-state index contributed by atoms with van der Waals surface area (Å²) < 4.78 is 53.6. The number of halogens is 3. The monoisotopic (exact) mass is 481 g/mol. The van der Waals surface area contributed by atoms with Crippen molar-refractivity contribution in [2.45, 2.75) is 38.8 Å². The number of nitrogens with two attached hydrogens (primary N) is 1. The minimum absolute atomic E-state index is 0.0519. The number of alkyl halides is 2. The van der Waals surface area contributed by atoms with Crippen molar-refractivity contribution in [3.63, 3.8) is 0 Å². The van der Waals surface area contributed by atoms with E-state index in [1.807, 2.05) is 13.8 Å². The summed E-state index contributed by atoms with van der Waals surface area (Å²) in [5.41, 5.74) is 5.07. The van der Waals surface area contributed by atoms with Crippen LogP contribution < -0.4 is 16.6 Å². The largest absolute Gasteiger partial charge is 0.365 e. The first-order chi connectivity index (χ1) is 15.7. The van der Waals surface area contributed by atoms with Crippen molar-refractivity contribution in [3.05, 3.63) is 63.5 Å². The fourth-order valence-electron chi connectivity index (χ4n) is 3.79.